The smallest absolute Gasteiger partial charge is 0.295 e. The maximum absolute atomic E-state index is 13.7. The molecule has 0 bridgehead atoms. The number of ether oxygens (including phenoxy) is 2. The van der Waals surface area contributed by atoms with E-state index in [1.807, 2.05) is 44.2 Å². The maximum atomic E-state index is 13.7. The first-order valence-electron chi connectivity index (χ1n) is 10.8. The van der Waals surface area contributed by atoms with Crippen molar-refractivity contribution in [2.24, 2.45) is 0 Å². The van der Waals surface area contributed by atoms with Gasteiger partial charge in [-0.3, -0.25) is 14.5 Å². The Morgan fingerprint density at radius 2 is 1.76 bits per heavy atom. The first kappa shape index (κ1) is 20.8. The number of aryl methyl sites for hydroxylation is 1. The van der Waals surface area contributed by atoms with Crippen LogP contribution in [0.25, 0.3) is 11.0 Å². The zero-order valence-corrected chi connectivity index (χ0v) is 18.6. The van der Waals surface area contributed by atoms with Gasteiger partial charge in [0.05, 0.1) is 30.7 Å². The molecule has 1 aromatic heterocycles. The minimum Gasteiger partial charge on any atom is -0.497 e. The summed E-state index contributed by atoms with van der Waals surface area (Å²) in [6.45, 7) is 4.34. The highest BCUT2D eigenvalue weighted by molar-refractivity contribution is 6.10. The van der Waals surface area contributed by atoms with E-state index < -0.39 is 6.04 Å². The van der Waals surface area contributed by atoms with Crippen molar-refractivity contribution >= 4 is 22.6 Å². The Hall–Kier alpha value is -4.06. The summed E-state index contributed by atoms with van der Waals surface area (Å²) in [7, 11) is 1.59. The van der Waals surface area contributed by atoms with E-state index >= 15 is 0 Å². The highest BCUT2D eigenvalue weighted by atomic mass is 16.5. The summed E-state index contributed by atoms with van der Waals surface area (Å²) in [4.78, 5) is 28.9. The molecule has 4 aromatic rings. The summed E-state index contributed by atoms with van der Waals surface area (Å²) in [5.74, 6) is 1.06. The molecule has 0 aliphatic carbocycles. The van der Waals surface area contributed by atoms with Crippen LogP contribution in [-0.2, 0) is 0 Å². The SMILES string of the molecule is CCOc1cccc(C2c3c(oc4ccc(C)cc4c3=O)C(=O)N2c2ccc(OC)cc2)c1. The lowest BCUT2D eigenvalue weighted by molar-refractivity contribution is 0.0971. The van der Waals surface area contributed by atoms with Crippen LogP contribution in [0.3, 0.4) is 0 Å². The molecule has 6 nitrogen and oxygen atoms in total. The molecule has 6 heteroatoms. The Morgan fingerprint density at radius 1 is 0.970 bits per heavy atom. The fraction of sp³-hybridized carbons (Fsp3) is 0.185. The number of rotatable bonds is 5. The predicted octanol–water partition coefficient (Wildman–Crippen LogP) is 5.26. The van der Waals surface area contributed by atoms with Gasteiger partial charge in [0.2, 0.25) is 5.76 Å². The van der Waals surface area contributed by atoms with Crippen molar-refractivity contribution in [3.8, 4) is 11.5 Å². The Labute approximate surface area is 191 Å². The maximum Gasteiger partial charge on any atom is 0.295 e. The normalized spacial score (nSPS) is 15.1. The third-order valence-corrected chi connectivity index (χ3v) is 5.86. The number of benzene rings is 3. The summed E-state index contributed by atoms with van der Waals surface area (Å²) >= 11 is 0. The summed E-state index contributed by atoms with van der Waals surface area (Å²) in [5.41, 5.74) is 2.88. The lowest BCUT2D eigenvalue weighted by Crippen LogP contribution is -2.29. The average Bonchev–Trinajstić information content (AvgIpc) is 3.12. The van der Waals surface area contributed by atoms with E-state index in [0.29, 0.717) is 40.3 Å². The van der Waals surface area contributed by atoms with Gasteiger partial charge in [-0.15, -0.1) is 0 Å². The molecule has 166 valence electrons. The van der Waals surface area contributed by atoms with E-state index in [9.17, 15) is 9.59 Å². The summed E-state index contributed by atoms with van der Waals surface area (Å²) in [6, 6.07) is 19.4. The Bertz CT molecular complexity index is 1420. The molecule has 3 aromatic carbocycles. The van der Waals surface area contributed by atoms with Crippen molar-refractivity contribution in [2.75, 3.05) is 18.6 Å². The van der Waals surface area contributed by atoms with Crippen LogP contribution in [0.15, 0.2) is 75.9 Å². The second-order valence-corrected chi connectivity index (χ2v) is 7.95. The van der Waals surface area contributed by atoms with Crippen molar-refractivity contribution in [3.63, 3.8) is 0 Å². The van der Waals surface area contributed by atoms with Gasteiger partial charge in [0.25, 0.3) is 5.91 Å². The second-order valence-electron chi connectivity index (χ2n) is 7.95. The molecule has 0 saturated carbocycles. The molecule has 0 spiro atoms. The van der Waals surface area contributed by atoms with Crippen molar-refractivity contribution in [3.05, 3.63) is 99.4 Å². The third-order valence-electron chi connectivity index (χ3n) is 5.86. The van der Waals surface area contributed by atoms with E-state index in [2.05, 4.69) is 0 Å². The number of methoxy groups -OCH3 is 1. The van der Waals surface area contributed by atoms with Crippen LogP contribution >= 0.6 is 0 Å². The monoisotopic (exact) mass is 441 g/mol. The molecule has 1 amide bonds. The van der Waals surface area contributed by atoms with Gasteiger partial charge < -0.3 is 13.9 Å². The van der Waals surface area contributed by atoms with Gasteiger partial charge in [0.1, 0.15) is 17.1 Å². The first-order chi connectivity index (χ1) is 16.0. The topological polar surface area (TPSA) is 69.0 Å². The molecule has 1 aliphatic heterocycles. The lowest BCUT2D eigenvalue weighted by atomic mass is 9.97. The van der Waals surface area contributed by atoms with Crippen LogP contribution in [-0.4, -0.2) is 19.6 Å². The second kappa shape index (κ2) is 8.13. The lowest BCUT2D eigenvalue weighted by Gasteiger charge is -2.25. The number of hydrogen-bond acceptors (Lipinski definition) is 5. The molecule has 0 N–H and O–H groups in total. The van der Waals surface area contributed by atoms with Crippen molar-refractivity contribution in [2.45, 2.75) is 19.9 Å². The van der Waals surface area contributed by atoms with Crippen molar-refractivity contribution < 1.29 is 18.7 Å². The summed E-state index contributed by atoms with van der Waals surface area (Å²) < 4.78 is 17.0. The predicted molar refractivity (Wildman–Crippen MR) is 126 cm³/mol. The largest absolute Gasteiger partial charge is 0.497 e. The highest BCUT2D eigenvalue weighted by Crippen LogP contribution is 2.42. The molecule has 1 unspecified atom stereocenters. The molecule has 1 atom stereocenters. The molecular weight excluding hydrogens is 418 g/mol. The number of fused-ring (bicyclic) bond motifs is 2. The van der Waals surface area contributed by atoms with E-state index in [4.69, 9.17) is 13.9 Å². The van der Waals surface area contributed by atoms with E-state index in [1.165, 1.54) is 0 Å². The molecule has 2 heterocycles. The van der Waals surface area contributed by atoms with Crippen molar-refractivity contribution in [1.29, 1.82) is 0 Å². The van der Waals surface area contributed by atoms with Gasteiger partial charge in [0, 0.05) is 5.69 Å². The van der Waals surface area contributed by atoms with Crippen LogP contribution < -0.4 is 19.8 Å². The number of amides is 1. The van der Waals surface area contributed by atoms with Gasteiger partial charge >= 0.3 is 0 Å². The van der Waals surface area contributed by atoms with Crippen LogP contribution in [0.5, 0.6) is 11.5 Å². The van der Waals surface area contributed by atoms with Gasteiger partial charge in [0.15, 0.2) is 5.43 Å². The summed E-state index contributed by atoms with van der Waals surface area (Å²) in [5, 5.41) is 0.462. The number of carbonyl (C=O) groups excluding carboxylic acids is 1. The number of nitrogens with zero attached hydrogens (tertiary/aromatic N) is 1. The number of carbonyl (C=O) groups is 1. The number of anilines is 1. The average molecular weight is 441 g/mol. The van der Waals surface area contributed by atoms with Gasteiger partial charge in [-0.1, -0.05) is 23.8 Å². The molecule has 33 heavy (non-hydrogen) atoms. The Kier molecular flexibility index (Phi) is 5.13. The van der Waals surface area contributed by atoms with Crippen LogP contribution in [0.2, 0.25) is 0 Å². The minimum absolute atomic E-state index is 0.0685. The molecule has 0 fully saturated rings. The van der Waals surface area contributed by atoms with E-state index in [1.54, 1.807) is 48.4 Å². The summed E-state index contributed by atoms with van der Waals surface area (Å²) in [6.07, 6.45) is 0. The first-order valence-corrected chi connectivity index (χ1v) is 10.8. The zero-order chi connectivity index (χ0) is 23.1. The van der Waals surface area contributed by atoms with Crippen LogP contribution in [0.1, 0.15) is 40.2 Å². The molecule has 5 rings (SSSR count). The number of hydrogen-bond donors (Lipinski definition) is 0. The van der Waals surface area contributed by atoms with E-state index in [0.717, 1.165) is 11.1 Å². The van der Waals surface area contributed by atoms with Gasteiger partial charge in [-0.25, -0.2) is 0 Å². The standard InChI is InChI=1S/C27H23NO5/c1-4-32-20-7-5-6-17(15-20)24-23-25(29)21-14-16(2)8-13-22(21)33-26(23)27(30)28(24)18-9-11-19(31-3)12-10-18/h5-15,24H,4H2,1-3H3. The van der Waals surface area contributed by atoms with Crippen molar-refractivity contribution in [1.82, 2.24) is 0 Å². The zero-order valence-electron chi connectivity index (χ0n) is 18.6. The van der Waals surface area contributed by atoms with Gasteiger partial charge in [-0.05, 0) is 67.9 Å². The highest BCUT2D eigenvalue weighted by Gasteiger charge is 2.43. The third kappa shape index (κ3) is 3.44. The van der Waals surface area contributed by atoms with Crippen LogP contribution in [0, 0.1) is 6.92 Å². The van der Waals surface area contributed by atoms with Gasteiger partial charge in [-0.2, -0.15) is 0 Å². The fourth-order valence-electron chi connectivity index (χ4n) is 4.35. The quantitative estimate of drug-likeness (QED) is 0.423. The molecular formula is C27H23NO5. The molecule has 0 radical (unpaired) electrons. The fourth-order valence-corrected chi connectivity index (χ4v) is 4.35. The Balaban J connectivity index is 1.77. The Morgan fingerprint density at radius 3 is 2.48 bits per heavy atom. The molecule has 1 aliphatic rings. The minimum atomic E-state index is -0.650. The van der Waals surface area contributed by atoms with Crippen LogP contribution in [0.4, 0.5) is 5.69 Å². The van der Waals surface area contributed by atoms with E-state index in [-0.39, 0.29) is 17.1 Å². The molecule has 0 saturated heterocycles.